The number of carboxylic acid groups (broad SMARTS) is 1. The van der Waals surface area contributed by atoms with Crippen molar-refractivity contribution in [1.29, 1.82) is 0 Å². The molecule has 2 heterocycles. The highest BCUT2D eigenvalue weighted by atomic mass is 79.9. The molecule has 8 heteroatoms. The van der Waals surface area contributed by atoms with Crippen molar-refractivity contribution in [3.8, 4) is 0 Å². The van der Waals surface area contributed by atoms with Crippen molar-refractivity contribution in [1.82, 2.24) is 9.61 Å². The van der Waals surface area contributed by atoms with Gasteiger partial charge in [-0.05, 0) is 30.3 Å². The van der Waals surface area contributed by atoms with Crippen LogP contribution >= 0.6 is 27.5 Å². The molecule has 112 valence electrons. The third-order valence-corrected chi connectivity index (χ3v) is 3.85. The fourth-order valence-corrected chi connectivity index (χ4v) is 2.76. The van der Waals surface area contributed by atoms with Crippen molar-refractivity contribution in [3.63, 3.8) is 0 Å². The van der Waals surface area contributed by atoms with E-state index in [1.54, 1.807) is 18.2 Å². The maximum absolute atomic E-state index is 14.5. The molecule has 5 nitrogen and oxygen atoms in total. The van der Waals surface area contributed by atoms with Gasteiger partial charge in [-0.25, -0.2) is 9.31 Å². The number of aromatic nitrogens is 2. The molecule has 0 radical (unpaired) electrons. The Balaban J connectivity index is 2.18. The number of aromatic carboxylic acids is 1. The number of carbonyl (C=O) groups is 1. The Bertz CT molecular complexity index is 897. The van der Waals surface area contributed by atoms with Crippen molar-refractivity contribution in [3.05, 3.63) is 57.5 Å². The van der Waals surface area contributed by atoms with Gasteiger partial charge >= 0.3 is 5.97 Å². The molecule has 0 fully saturated rings. The molecule has 2 N–H and O–H groups in total. The van der Waals surface area contributed by atoms with E-state index < -0.39 is 11.9 Å². The van der Waals surface area contributed by atoms with E-state index in [2.05, 4.69) is 26.3 Å². The maximum Gasteiger partial charge on any atom is 0.338 e. The second kappa shape index (κ2) is 5.58. The number of hydrogen-bond donors (Lipinski definition) is 2. The Hall–Kier alpha value is -2.12. The topological polar surface area (TPSA) is 66.6 Å². The van der Waals surface area contributed by atoms with Crippen molar-refractivity contribution < 1.29 is 14.3 Å². The van der Waals surface area contributed by atoms with E-state index in [9.17, 15) is 14.3 Å². The molecule has 2 aromatic heterocycles. The van der Waals surface area contributed by atoms with Gasteiger partial charge in [-0.15, -0.1) is 0 Å². The van der Waals surface area contributed by atoms with E-state index in [4.69, 9.17) is 11.6 Å². The Morgan fingerprint density at radius 1 is 1.36 bits per heavy atom. The first-order chi connectivity index (χ1) is 10.5. The molecule has 0 aliphatic rings. The van der Waals surface area contributed by atoms with Crippen LogP contribution in [-0.2, 0) is 0 Å². The predicted octanol–water partition coefficient (Wildman–Crippen LogP) is 4.33. The summed E-state index contributed by atoms with van der Waals surface area (Å²) < 4.78 is 16.3. The Morgan fingerprint density at radius 2 is 2.14 bits per heavy atom. The van der Waals surface area contributed by atoms with Gasteiger partial charge in [0.05, 0.1) is 28.0 Å². The van der Waals surface area contributed by atoms with Crippen LogP contribution in [0.4, 0.5) is 15.8 Å². The van der Waals surface area contributed by atoms with E-state index in [1.165, 1.54) is 18.3 Å². The van der Waals surface area contributed by atoms with E-state index >= 15 is 0 Å². The molecule has 0 atom stereocenters. The summed E-state index contributed by atoms with van der Waals surface area (Å²) >= 11 is 9.34. The predicted molar refractivity (Wildman–Crippen MR) is 84.5 cm³/mol. The number of anilines is 2. The summed E-state index contributed by atoms with van der Waals surface area (Å²) in [6, 6.07) is 7.80. The van der Waals surface area contributed by atoms with Gasteiger partial charge in [0.15, 0.2) is 0 Å². The molecule has 0 saturated heterocycles. The normalized spacial score (nSPS) is 10.9. The molecule has 0 unspecified atom stereocenters. The number of nitrogens with one attached hydrogen (secondary N) is 1. The molecule has 3 aromatic rings. The maximum atomic E-state index is 14.5. The number of fused-ring (bicyclic) bond motifs is 1. The highest BCUT2D eigenvalue weighted by Gasteiger charge is 2.20. The number of hydrogen-bond acceptors (Lipinski definition) is 3. The van der Waals surface area contributed by atoms with Crippen LogP contribution in [0.5, 0.6) is 0 Å². The molecule has 0 bridgehead atoms. The fraction of sp³-hybridized carbons (Fsp3) is 0. The molecule has 22 heavy (non-hydrogen) atoms. The first kappa shape index (κ1) is 14.8. The van der Waals surface area contributed by atoms with Gasteiger partial charge in [0.2, 0.25) is 5.95 Å². The van der Waals surface area contributed by atoms with E-state index in [-0.39, 0.29) is 11.3 Å². The summed E-state index contributed by atoms with van der Waals surface area (Å²) in [6.45, 7) is 0. The fourth-order valence-electron chi connectivity index (χ4n) is 2.04. The van der Waals surface area contributed by atoms with Gasteiger partial charge in [-0.2, -0.15) is 9.49 Å². The van der Waals surface area contributed by atoms with Gasteiger partial charge in [0.25, 0.3) is 0 Å². The minimum absolute atomic E-state index is 0.201. The zero-order chi connectivity index (χ0) is 15.9. The standard InChI is InChI=1S/C14H8BrClFN3O2/c15-7-1-2-11(10(16)5-7)19-12-9(14(21)22)6-8-3-4-18-20(8)13(12)17/h1-6,19H,(H,21,22). The number of pyridine rings is 1. The van der Waals surface area contributed by atoms with E-state index in [0.29, 0.717) is 16.2 Å². The molecule has 0 saturated carbocycles. The molecule has 1 aromatic carbocycles. The molecule has 0 aliphatic heterocycles. The van der Waals surface area contributed by atoms with Crippen LogP contribution in [-0.4, -0.2) is 20.7 Å². The Kier molecular flexibility index (Phi) is 3.76. The number of benzene rings is 1. The third kappa shape index (κ3) is 2.53. The van der Waals surface area contributed by atoms with Crippen LogP contribution < -0.4 is 5.32 Å². The van der Waals surface area contributed by atoms with Crippen LogP contribution in [0.25, 0.3) is 5.52 Å². The second-order valence-corrected chi connectivity index (χ2v) is 5.77. The molecule has 0 amide bonds. The number of nitrogens with zero attached hydrogens (tertiary/aromatic N) is 2. The third-order valence-electron chi connectivity index (χ3n) is 3.05. The second-order valence-electron chi connectivity index (χ2n) is 4.45. The van der Waals surface area contributed by atoms with Crippen LogP contribution in [0.3, 0.4) is 0 Å². The monoisotopic (exact) mass is 383 g/mol. The largest absolute Gasteiger partial charge is 0.478 e. The van der Waals surface area contributed by atoms with Crippen LogP contribution in [0.2, 0.25) is 5.02 Å². The lowest BCUT2D eigenvalue weighted by molar-refractivity contribution is 0.0697. The lowest BCUT2D eigenvalue weighted by Crippen LogP contribution is -2.09. The minimum Gasteiger partial charge on any atom is -0.478 e. The summed E-state index contributed by atoms with van der Waals surface area (Å²) in [5, 5.41) is 16.2. The van der Waals surface area contributed by atoms with E-state index in [1.807, 2.05) is 0 Å². The zero-order valence-electron chi connectivity index (χ0n) is 10.8. The van der Waals surface area contributed by atoms with Crippen molar-refractivity contribution in [2.75, 3.05) is 5.32 Å². The molecular weight excluding hydrogens is 377 g/mol. The smallest absolute Gasteiger partial charge is 0.338 e. The summed E-state index contributed by atoms with van der Waals surface area (Å²) in [6.07, 6.45) is 1.39. The lowest BCUT2D eigenvalue weighted by Gasteiger charge is -2.13. The first-order valence-electron chi connectivity index (χ1n) is 6.09. The van der Waals surface area contributed by atoms with Crippen molar-refractivity contribution >= 4 is 50.4 Å². The zero-order valence-corrected chi connectivity index (χ0v) is 13.2. The summed E-state index contributed by atoms with van der Waals surface area (Å²) in [5.74, 6) is -2.06. The van der Waals surface area contributed by atoms with Gasteiger partial charge in [-0.1, -0.05) is 27.5 Å². The van der Waals surface area contributed by atoms with Crippen LogP contribution in [0.15, 0.2) is 41.0 Å². The van der Waals surface area contributed by atoms with Gasteiger partial charge in [0.1, 0.15) is 5.69 Å². The lowest BCUT2D eigenvalue weighted by atomic mass is 10.2. The quantitative estimate of drug-likeness (QED) is 0.660. The van der Waals surface area contributed by atoms with Crippen molar-refractivity contribution in [2.24, 2.45) is 0 Å². The number of halogens is 3. The summed E-state index contributed by atoms with van der Waals surface area (Å²) in [7, 11) is 0. The molecule has 0 spiro atoms. The Morgan fingerprint density at radius 3 is 2.82 bits per heavy atom. The molecule has 3 rings (SSSR count). The average Bonchev–Trinajstić information content (AvgIpc) is 2.92. The SMILES string of the molecule is O=C(O)c1cc2ccnn2c(F)c1Nc1ccc(Br)cc1Cl. The van der Waals surface area contributed by atoms with Gasteiger partial charge in [0, 0.05) is 4.47 Å². The van der Waals surface area contributed by atoms with Crippen molar-refractivity contribution in [2.45, 2.75) is 0 Å². The highest BCUT2D eigenvalue weighted by molar-refractivity contribution is 9.10. The van der Waals surface area contributed by atoms with Gasteiger partial charge < -0.3 is 10.4 Å². The first-order valence-corrected chi connectivity index (χ1v) is 7.26. The number of carboxylic acids is 1. The Labute approximate surface area is 137 Å². The van der Waals surface area contributed by atoms with E-state index in [0.717, 1.165) is 8.99 Å². The van der Waals surface area contributed by atoms with Gasteiger partial charge in [-0.3, -0.25) is 0 Å². The molecular formula is C14H8BrClFN3O2. The van der Waals surface area contributed by atoms with Crippen LogP contribution in [0, 0.1) is 5.95 Å². The van der Waals surface area contributed by atoms with Crippen LogP contribution in [0.1, 0.15) is 10.4 Å². The minimum atomic E-state index is -1.25. The summed E-state index contributed by atoms with van der Waals surface area (Å²) in [5.41, 5.74) is 0.331. The average molecular weight is 385 g/mol. The number of rotatable bonds is 3. The summed E-state index contributed by atoms with van der Waals surface area (Å²) in [4.78, 5) is 11.4. The molecule has 0 aliphatic carbocycles. The highest BCUT2D eigenvalue weighted by Crippen LogP contribution is 2.31.